The van der Waals surface area contributed by atoms with Gasteiger partial charge in [0.1, 0.15) is 6.61 Å². The van der Waals surface area contributed by atoms with Crippen molar-refractivity contribution in [3.63, 3.8) is 0 Å². The van der Waals surface area contributed by atoms with E-state index in [0.717, 1.165) is 31.1 Å². The number of benzene rings is 2. The molecule has 0 spiro atoms. The van der Waals surface area contributed by atoms with E-state index in [4.69, 9.17) is 4.74 Å². The average Bonchev–Trinajstić information content (AvgIpc) is 3.32. The van der Waals surface area contributed by atoms with Gasteiger partial charge in [-0.3, -0.25) is 4.90 Å². The van der Waals surface area contributed by atoms with Gasteiger partial charge in [-0.1, -0.05) is 60.7 Å². The van der Waals surface area contributed by atoms with Gasteiger partial charge >= 0.3 is 6.09 Å². The number of nitrogens with zero attached hydrogens (tertiary/aromatic N) is 3. The Morgan fingerprint density at radius 3 is 2.52 bits per heavy atom. The molecule has 2 aliphatic heterocycles. The summed E-state index contributed by atoms with van der Waals surface area (Å²) in [4.78, 5) is 21.7. The maximum atomic E-state index is 12.8. The topological polar surface area (TPSA) is 36.0 Å². The Morgan fingerprint density at radius 1 is 0.970 bits per heavy atom. The molecule has 0 N–H and O–H groups in total. The molecule has 5 rings (SSSR count). The molecule has 2 aliphatic rings. The van der Waals surface area contributed by atoms with E-state index in [0.29, 0.717) is 19.7 Å². The third kappa shape index (κ3) is 5.13. The molecule has 5 nitrogen and oxygen atoms in total. The van der Waals surface area contributed by atoms with Crippen LogP contribution in [0.1, 0.15) is 16.9 Å². The summed E-state index contributed by atoms with van der Waals surface area (Å²) in [5.74, 6) is 0. The normalized spacial score (nSPS) is 16.6. The minimum absolute atomic E-state index is 0.223. The molecule has 170 valence electrons. The van der Waals surface area contributed by atoms with Crippen LogP contribution in [-0.2, 0) is 17.9 Å². The number of hydrogen-bond donors (Lipinski definition) is 0. The summed E-state index contributed by atoms with van der Waals surface area (Å²) in [5, 5.41) is 0. The highest BCUT2D eigenvalue weighted by molar-refractivity contribution is 7.15. The Hall–Kier alpha value is -3.09. The molecule has 0 aliphatic carbocycles. The maximum absolute atomic E-state index is 12.8. The minimum Gasteiger partial charge on any atom is -0.444 e. The SMILES string of the molecule is CN1CN(Cc2ccccc2)CC2=C1CCN(C(=O)OCc1ccc(-c3ccccc3)s1)C2. The monoisotopic (exact) mass is 459 g/mol. The molecule has 0 fully saturated rings. The average molecular weight is 460 g/mol. The Kier molecular flexibility index (Phi) is 6.46. The number of rotatable bonds is 5. The molecule has 1 amide bonds. The molecule has 33 heavy (non-hydrogen) atoms. The molecular formula is C27H29N3O2S. The van der Waals surface area contributed by atoms with E-state index < -0.39 is 0 Å². The van der Waals surface area contributed by atoms with Crippen LogP contribution in [0.2, 0.25) is 0 Å². The fourth-order valence-corrected chi connectivity index (χ4v) is 5.59. The van der Waals surface area contributed by atoms with Crippen LogP contribution < -0.4 is 0 Å². The largest absolute Gasteiger partial charge is 0.444 e. The molecule has 3 aromatic rings. The second-order valence-electron chi connectivity index (χ2n) is 8.72. The van der Waals surface area contributed by atoms with E-state index in [1.165, 1.54) is 27.3 Å². The highest BCUT2D eigenvalue weighted by Crippen LogP contribution is 2.29. The second kappa shape index (κ2) is 9.81. The molecule has 2 aromatic carbocycles. The molecule has 0 saturated carbocycles. The Morgan fingerprint density at radius 2 is 1.73 bits per heavy atom. The fraction of sp³-hybridized carbons (Fsp3) is 0.296. The summed E-state index contributed by atoms with van der Waals surface area (Å²) in [7, 11) is 2.15. The number of ether oxygens (including phenoxy) is 1. The Balaban J connectivity index is 1.18. The summed E-state index contributed by atoms with van der Waals surface area (Å²) in [5.41, 5.74) is 5.21. The van der Waals surface area contributed by atoms with Gasteiger partial charge in [0.05, 0.1) is 6.67 Å². The highest BCUT2D eigenvalue weighted by Gasteiger charge is 2.30. The van der Waals surface area contributed by atoms with Gasteiger partial charge in [0.15, 0.2) is 0 Å². The lowest BCUT2D eigenvalue weighted by Gasteiger charge is -2.42. The Labute approximate surface area is 199 Å². The highest BCUT2D eigenvalue weighted by atomic mass is 32.1. The molecule has 0 bridgehead atoms. The molecule has 0 unspecified atom stereocenters. The van der Waals surface area contributed by atoms with Crippen LogP contribution in [0.15, 0.2) is 84.1 Å². The van der Waals surface area contributed by atoms with E-state index in [-0.39, 0.29) is 6.09 Å². The van der Waals surface area contributed by atoms with Gasteiger partial charge in [-0.25, -0.2) is 4.79 Å². The predicted molar refractivity (Wildman–Crippen MR) is 133 cm³/mol. The van der Waals surface area contributed by atoms with Crippen molar-refractivity contribution in [2.75, 3.05) is 33.4 Å². The second-order valence-corrected chi connectivity index (χ2v) is 9.89. The number of thiophene rings is 1. The maximum Gasteiger partial charge on any atom is 0.410 e. The first kappa shape index (κ1) is 21.7. The van der Waals surface area contributed by atoms with Crippen molar-refractivity contribution >= 4 is 17.4 Å². The van der Waals surface area contributed by atoms with Crippen LogP contribution in [0.25, 0.3) is 10.4 Å². The van der Waals surface area contributed by atoms with Gasteiger partial charge in [-0.2, -0.15) is 0 Å². The standard InChI is InChI=1S/C27H29N3O2S/c1-28-20-29(16-21-8-4-2-5-9-21)17-23-18-30(15-14-25(23)28)27(31)32-19-24-12-13-26(33-24)22-10-6-3-7-11-22/h2-13H,14-20H2,1H3. The van der Waals surface area contributed by atoms with Crippen molar-refractivity contribution in [2.45, 2.75) is 19.6 Å². The summed E-state index contributed by atoms with van der Waals surface area (Å²) < 4.78 is 5.69. The number of amides is 1. The van der Waals surface area contributed by atoms with Gasteiger partial charge in [-0.15, -0.1) is 11.3 Å². The minimum atomic E-state index is -0.223. The van der Waals surface area contributed by atoms with Crippen molar-refractivity contribution in [2.24, 2.45) is 0 Å². The fourth-order valence-electron chi connectivity index (χ4n) is 4.67. The first-order valence-corrected chi connectivity index (χ1v) is 12.2. The zero-order valence-corrected chi connectivity index (χ0v) is 19.8. The first-order valence-electron chi connectivity index (χ1n) is 11.4. The lowest BCUT2D eigenvalue weighted by Crippen LogP contribution is -2.48. The van der Waals surface area contributed by atoms with Crippen molar-refractivity contribution in [3.05, 3.63) is 94.5 Å². The molecule has 0 saturated heterocycles. The number of hydrogen-bond acceptors (Lipinski definition) is 5. The molecule has 0 atom stereocenters. The summed E-state index contributed by atoms with van der Waals surface area (Å²) in [6.45, 7) is 4.39. The number of carbonyl (C=O) groups excluding carboxylic acids is 1. The van der Waals surface area contributed by atoms with Crippen LogP contribution in [0.4, 0.5) is 4.79 Å². The van der Waals surface area contributed by atoms with Crippen LogP contribution in [0, 0.1) is 0 Å². The summed E-state index contributed by atoms with van der Waals surface area (Å²) >= 11 is 1.68. The van der Waals surface area contributed by atoms with Gasteiger partial charge in [0.2, 0.25) is 0 Å². The van der Waals surface area contributed by atoms with Crippen LogP contribution in [0.3, 0.4) is 0 Å². The predicted octanol–water partition coefficient (Wildman–Crippen LogP) is 5.42. The molecule has 0 radical (unpaired) electrons. The number of carbonyl (C=O) groups is 1. The Bertz CT molecular complexity index is 1130. The third-order valence-electron chi connectivity index (χ3n) is 6.26. The van der Waals surface area contributed by atoms with E-state index in [1.807, 2.05) is 23.1 Å². The van der Waals surface area contributed by atoms with Crippen molar-refractivity contribution < 1.29 is 9.53 Å². The summed E-state index contributed by atoms with van der Waals surface area (Å²) in [6.07, 6.45) is 0.663. The molecule has 1 aromatic heterocycles. The van der Waals surface area contributed by atoms with Crippen LogP contribution in [0.5, 0.6) is 0 Å². The first-order chi connectivity index (χ1) is 16.2. The van der Waals surface area contributed by atoms with Gasteiger partial charge in [-0.05, 0) is 28.8 Å². The zero-order valence-electron chi connectivity index (χ0n) is 18.9. The molecule has 6 heteroatoms. The third-order valence-corrected chi connectivity index (χ3v) is 7.37. The lowest BCUT2D eigenvalue weighted by atomic mass is 10.0. The van der Waals surface area contributed by atoms with Crippen molar-refractivity contribution in [3.8, 4) is 10.4 Å². The lowest BCUT2D eigenvalue weighted by molar-refractivity contribution is 0.0878. The van der Waals surface area contributed by atoms with Crippen molar-refractivity contribution in [1.29, 1.82) is 0 Å². The van der Waals surface area contributed by atoms with E-state index in [9.17, 15) is 4.79 Å². The van der Waals surface area contributed by atoms with E-state index >= 15 is 0 Å². The van der Waals surface area contributed by atoms with Crippen molar-refractivity contribution in [1.82, 2.24) is 14.7 Å². The smallest absolute Gasteiger partial charge is 0.410 e. The van der Waals surface area contributed by atoms with E-state index in [2.05, 4.69) is 71.4 Å². The van der Waals surface area contributed by atoms with Crippen LogP contribution in [-0.4, -0.2) is 54.1 Å². The zero-order chi connectivity index (χ0) is 22.6. The quantitative estimate of drug-likeness (QED) is 0.511. The molecule has 3 heterocycles. The van der Waals surface area contributed by atoms with Crippen LogP contribution >= 0.6 is 11.3 Å². The summed E-state index contributed by atoms with van der Waals surface area (Å²) in [6, 6.07) is 25.0. The molecular weight excluding hydrogens is 430 g/mol. The van der Waals surface area contributed by atoms with Gasteiger partial charge < -0.3 is 14.5 Å². The van der Waals surface area contributed by atoms with E-state index in [1.54, 1.807) is 11.3 Å². The van der Waals surface area contributed by atoms with Gasteiger partial charge in [0.25, 0.3) is 0 Å². The van der Waals surface area contributed by atoms with Gasteiger partial charge in [0, 0.05) is 55.1 Å².